The molecule has 0 rings (SSSR count). The van der Waals surface area contributed by atoms with Gasteiger partial charge in [-0.15, -0.1) is 0 Å². The molecule has 0 atom stereocenters. The number of alkyl halides is 3. The summed E-state index contributed by atoms with van der Waals surface area (Å²) < 4.78 is 36.6. The molecular weight excluding hydrogens is 239 g/mol. The highest BCUT2D eigenvalue weighted by Crippen LogP contribution is 2.18. The maximum absolute atomic E-state index is 12.2. The first-order valence-corrected chi connectivity index (χ1v) is 5.04. The Hall–Kier alpha value is -1.31. The molecule has 0 heterocycles. The van der Waals surface area contributed by atoms with Crippen LogP contribution in [-0.2, 0) is 9.59 Å². The second kappa shape index (κ2) is 6.43. The minimum absolute atomic E-state index is 0.0442. The molecule has 0 aromatic rings. The van der Waals surface area contributed by atoms with Gasteiger partial charge in [0.15, 0.2) is 0 Å². The van der Waals surface area contributed by atoms with Gasteiger partial charge in [-0.1, -0.05) is 0 Å². The van der Waals surface area contributed by atoms with Crippen LogP contribution in [0.4, 0.5) is 13.2 Å². The third-order valence-corrected chi connectivity index (χ3v) is 1.86. The molecule has 0 aliphatic heterocycles. The predicted molar refractivity (Wildman–Crippen MR) is 55.0 cm³/mol. The van der Waals surface area contributed by atoms with E-state index in [0.29, 0.717) is 4.90 Å². The normalized spacial score (nSPS) is 11.5. The van der Waals surface area contributed by atoms with Crippen LogP contribution in [0.2, 0.25) is 0 Å². The number of nitrogens with two attached hydrogens (primary N) is 1. The van der Waals surface area contributed by atoms with Crippen molar-refractivity contribution < 1.29 is 22.8 Å². The standard InChI is InChI=1S/C9H16F3N3O2/c1-6(2)15(5-9(10,11)12)8(17)7(16)14-4-3-13/h6H,3-5,13H2,1-2H3,(H,14,16). The molecule has 17 heavy (non-hydrogen) atoms. The van der Waals surface area contributed by atoms with Gasteiger partial charge in [-0.05, 0) is 13.8 Å². The van der Waals surface area contributed by atoms with Crippen molar-refractivity contribution in [2.24, 2.45) is 5.73 Å². The van der Waals surface area contributed by atoms with Gasteiger partial charge in [0.2, 0.25) is 0 Å². The Kier molecular flexibility index (Phi) is 5.94. The quantitative estimate of drug-likeness (QED) is 0.687. The lowest BCUT2D eigenvalue weighted by Gasteiger charge is -2.26. The second-order valence-corrected chi connectivity index (χ2v) is 3.69. The van der Waals surface area contributed by atoms with Crippen molar-refractivity contribution >= 4 is 11.8 Å². The molecule has 0 aliphatic rings. The smallest absolute Gasteiger partial charge is 0.347 e. The van der Waals surface area contributed by atoms with E-state index in [1.807, 2.05) is 0 Å². The summed E-state index contributed by atoms with van der Waals surface area (Å²) in [5.41, 5.74) is 5.09. The topological polar surface area (TPSA) is 75.4 Å². The average Bonchev–Trinajstić information content (AvgIpc) is 2.19. The third-order valence-electron chi connectivity index (χ3n) is 1.86. The van der Waals surface area contributed by atoms with Crippen LogP contribution in [0.1, 0.15) is 13.8 Å². The first-order chi connectivity index (χ1) is 7.69. The van der Waals surface area contributed by atoms with Crippen LogP contribution in [0, 0.1) is 0 Å². The number of hydrogen-bond donors (Lipinski definition) is 2. The number of nitrogens with zero attached hydrogens (tertiary/aromatic N) is 1. The summed E-state index contributed by atoms with van der Waals surface area (Å²) in [6.07, 6.45) is -4.53. The molecule has 0 radical (unpaired) electrons. The van der Waals surface area contributed by atoms with Crippen LogP contribution >= 0.6 is 0 Å². The molecule has 0 saturated heterocycles. The van der Waals surface area contributed by atoms with Crippen LogP contribution in [-0.4, -0.2) is 48.6 Å². The monoisotopic (exact) mass is 255 g/mol. The van der Waals surface area contributed by atoms with Crippen molar-refractivity contribution in [2.75, 3.05) is 19.6 Å². The lowest BCUT2D eigenvalue weighted by molar-refractivity contribution is -0.167. The zero-order valence-electron chi connectivity index (χ0n) is 9.67. The highest BCUT2D eigenvalue weighted by atomic mass is 19.4. The van der Waals surface area contributed by atoms with Crippen LogP contribution < -0.4 is 11.1 Å². The molecule has 0 spiro atoms. The summed E-state index contributed by atoms with van der Waals surface area (Å²) in [4.78, 5) is 23.1. The lowest BCUT2D eigenvalue weighted by Crippen LogP contribution is -2.50. The first kappa shape index (κ1) is 15.7. The second-order valence-electron chi connectivity index (χ2n) is 3.69. The number of carbonyl (C=O) groups is 2. The highest BCUT2D eigenvalue weighted by Gasteiger charge is 2.36. The Balaban J connectivity index is 4.60. The fourth-order valence-corrected chi connectivity index (χ4v) is 1.07. The van der Waals surface area contributed by atoms with Gasteiger partial charge in [-0.2, -0.15) is 13.2 Å². The van der Waals surface area contributed by atoms with E-state index in [0.717, 1.165) is 0 Å². The third kappa shape index (κ3) is 6.10. The summed E-state index contributed by atoms with van der Waals surface area (Å²) in [5.74, 6) is -2.28. The Bertz CT molecular complexity index is 279. The number of halogens is 3. The largest absolute Gasteiger partial charge is 0.406 e. The maximum atomic E-state index is 12.2. The Labute approximate surface area is 97.1 Å². The van der Waals surface area contributed by atoms with Crippen molar-refractivity contribution in [1.29, 1.82) is 0 Å². The van der Waals surface area contributed by atoms with Gasteiger partial charge in [-0.25, -0.2) is 0 Å². The Morgan fingerprint density at radius 3 is 2.24 bits per heavy atom. The first-order valence-electron chi connectivity index (χ1n) is 5.04. The Morgan fingerprint density at radius 1 is 1.35 bits per heavy atom. The molecule has 0 bridgehead atoms. The van der Waals surface area contributed by atoms with Crippen LogP contribution in [0.5, 0.6) is 0 Å². The fourth-order valence-electron chi connectivity index (χ4n) is 1.07. The van der Waals surface area contributed by atoms with Gasteiger partial charge in [0, 0.05) is 19.1 Å². The van der Waals surface area contributed by atoms with E-state index in [-0.39, 0.29) is 13.1 Å². The number of rotatable bonds is 4. The molecule has 3 N–H and O–H groups in total. The summed E-state index contributed by atoms with van der Waals surface area (Å²) in [5, 5.41) is 2.13. The molecule has 0 aromatic heterocycles. The molecule has 0 aromatic carbocycles. The summed E-state index contributed by atoms with van der Waals surface area (Å²) in [6, 6.07) is -0.715. The summed E-state index contributed by atoms with van der Waals surface area (Å²) in [6.45, 7) is 1.52. The van der Waals surface area contributed by atoms with E-state index >= 15 is 0 Å². The van der Waals surface area contributed by atoms with E-state index in [4.69, 9.17) is 5.73 Å². The van der Waals surface area contributed by atoms with E-state index in [1.165, 1.54) is 13.8 Å². The van der Waals surface area contributed by atoms with Crippen LogP contribution in [0.3, 0.4) is 0 Å². The maximum Gasteiger partial charge on any atom is 0.406 e. The molecule has 0 saturated carbocycles. The average molecular weight is 255 g/mol. The van der Waals surface area contributed by atoms with Crippen molar-refractivity contribution in [1.82, 2.24) is 10.2 Å². The molecule has 0 aliphatic carbocycles. The van der Waals surface area contributed by atoms with Gasteiger partial charge in [0.05, 0.1) is 0 Å². The number of carbonyl (C=O) groups excluding carboxylic acids is 2. The Morgan fingerprint density at radius 2 is 1.88 bits per heavy atom. The summed E-state index contributed by atoms with van der Waals surface area (Å²) >= 11 is 0. The fraction of sp³-hybridized carbons (Fsp3) is 0.778. The SMILES string of the molecule is CC(C)N(CC(F)(F)F)C(=O)C(=O)NCCN. The van der Waals surface area contributed by atoms with Crippen molar-refractivity contribution in [3.63, 3.8) is 0 Å². The highest BCUT2D eigenvalue weighted by molar-refractivity contribution is 6.35. The van der Waals surface area contributed by atoms with Gasteiger partial charge >= 0.3 is 18.0 Å². The molecular formula is C9H16F3N3O2. The minimum Gasteiger partial charge on any atom is -0.347 e. The molecule has 8 heteroatoms. The summed E-state index contributed by atoms with van der Waals surface area (Å²) in [7, 11) is 0. The molecule has 2 amide bonds. The van der Waals surface area contributed by atoms with Gasteiger partial charge in [0.25, 0.3) is 0 Å². The molecule has 100 valence electrons. The number of amides is 2. The number of nitrogens with one attached hydrogen (secondary N) is 1. The van der Waals surface area contributed by atoms with E-state index in [2.05, 4.69) is 5.32 Å². The van der Waals surface area contributed by atoms with E-state index < -0.39 is 30.6 Å². The van der Waals surface area contributed by atoms with Gasteiger partial charge < -0.3 is 16.0 Å². The molecule has 0 unspecified atom stereocenters. The van der Waals surface area contributed by atoms with Crippen molar-refractivity contribution in [3.05, 3.63) is 0 Å². The molecule has 5 nitrogen and oxygen atoms in total. The molecule has 0 fully saturated rings. The van der Waals surface area contributed by atoms with E-state index in [9.17, 15) is 22.8 Å². The lowest BCUT2D eigenvalue weighted by atomic mass is 10.3. The van der Waals surface area contributed by atoms with Crippen molar-refractivity contribution in [3.8, 4) is 0 Å². The van der Waals surface area contributed by atoms with Crippen LogP contribution in [0.25, 0.3) is 0 Å². The number of hydrogen-bond acceptors (Lipinski definition) is 3. The zero-order chi connectivity index (χ0) is 13.6. The van der Waals surface area contributed by atoms with Crippen LogP contribution in [0.15, 0.2) is 0 Å². The van der Waals surface area contributed by atoms with Gasteiger partial charge in [0.1, 0.15) is 6.54 Å². The predicted octanol–water partition coefficient (Wildman–Crippen LogP) is -0.139. The van der Waals surface area contributed by atoms with Crippen molar-refractivity contribution in [2.45, 2.75) is 26.1 Å². The van der Waals surface area contributed by atoms with E-state index in [1.54, 1.807) is 0 Å². The van der Waals surface area contributed by atoms with Gasteiger partial charge in [-0.3, -0.25) is 9.59 Å². The minimum atomic E-state index is -4.53. The zero-order valence-corrected chi connectivity index (χ0v) is 9.67.